The monoisotopic (exact) mass is 362 g/mol. The number of carbonyl (C=O) groups is 1. The predicted molar refractivity (Wildman–Crippen MR) is 114 cm³/mol. The number of amides is 1. The van der Waals surface area contributed by atoms with E-state index < -0.39 is 0 Å². The van der Waals surface area contributed by atoms with Crippen molar-refractivity contribution in [3.05, 3.63) is 52.3 Å². The number of hydrogen-bond acceptors (Lipinski definition) is 3. The molecular formula is C21H34N2OS. The molecule has 0 aliphatic carbocycles. The molecule has 0 fully saturated rings. The van der Waals surface area contributed by atoms with Crippen LogP contribution in [-0.2, 0) is 10.2 Å². The van der Waals surface area contributed by atoms with Gasteiger partial charge in [0.15, 0.2) is 0 Å². The topological polar surface area (TPSA) is 55.1 Å². The van der Waals surface area contributed by atoms with Gasteiger partial charge in [-0.1, -0.05) is 77.6 Å². The van der Waals surface area contributed by atoms with Gasteiger partial charge in [-0.25, -0.2) is 0 Å². The Hall–Kier alpha value is -1.52. The predicted octanol–water partition coefficient (Wildman–Crippen LogP) is 5.84. The number of benzene rings is 1. The van der Waals surface area contributed by atoms with E-state index in [0.717, 1.165) is 10.6 Å². The highest BCUT2D eigenvalue weighted by Gasteiger charge is 2.16. The van der Waals surface area contributed by atoms with Crippen molar-refractivity contribution in [2.24, 2.45) is 5.73 Å². The van der Waals surface area contributed by atoms with E-state index >= 15 is 0 Å². The smallest absolute Gasteiger partial charge is 0.262 e. The first-order valence-corrected chi connectivity index (χ1v) is 9.58. The Morgan fingerprint density at radius 2 is 1.92 bits per heavy atom. The number of anilines is 1. The zero-order valence-corrected chi connectivity index (χ0v) is 17.6. The molecule has 140 valence electrons. The molecule has 3 nitrogen and oxygen atoms in total. The van der Waals surface area contributed by atoms with E-state index in [0.29, 0.717) is 4.91 Å². The zero-order chi connectivity index (χ0) is 19.6. The van der Waals surface area contributed by atoms with Crippen LogP contribution in [0.5, 0.6) is 0 Å². The molecule has 25 heavy (non-hydrogen) atoms. The van der Waals surface area contributed by atoms with E-state index in [1.807, 2.05) is 32.0 Å². The summed E-state index contributed by atoms with van der Waals surface area (Å²) < 4.78 is 0. The fraction of sp³-hybridized carbons (Fsp3) is 0.476. The molecule has 3 N–H and O–H groups in total. The minimum absolute atomic E-state index is 0.0438. The van der Waals surface area contributed by atoms with Crippen molar-refractivity contribution in [3.63, 3.8) is 0 Å². The molecule has 0 radical (unpaired) electrons. The van der Waals surface area contributed by atoms with Crippen molar-refractivity contribution < 1.29 is 4.79 Å². The van der Waals surface area contributed by atoms with Crippen molar-refractivity contribution in [2.45, 2.75) is 66.3 Å². The molecule has 0 saturated heterocycles. The Balaban J connectivity index is 0.00000178. The van der Waals surface area contributed by atoms with E-state index in [4.69, 9.17) is 5.73 Å². The summed E-state index contributed by atoms with van der Waals surface area (Å²) in [5.41, 5.74) is 7.80. The van der Waals surface area contributed by atoms with Gasteiger partial charge in [-0.15, -0.1) is 0 Å². The van der Waals surface area contributed by atoms with Gasteiger partial charge < -0.3 is 11.1 Å². The van der Waals surface area contributed by atoms with E-state index in [2.05, 4.69) is 52.6 Å². The summed E-state index contributed by atoms with van der Waals surface area (Å²) in [4.78, 5) is 13.8. The number of nitrogens with two attached hydrogens (primary N) is 1. The Kier molecular flexibility index (Phi) is 10.5. The number of hydrogen-bond donors (Lipinski definition) is 2. The van der Waals surface area contributed by atoms with Crippen LogP contribution in [0.2, 0.25) is 0 Å². The molecule has 1 atom stereocenters. The Morgan fingerprint density at radius 1 is 1.36 bits per heavy atom. The van der Waals surface area contributed by atoms with Gasteiger partial charge in [0.25, 0.3) is 5.91 Å². The molecule has 1 amide bonds. The molecule has 1 aromatic rings. The average Bonchev–Trinajstić information content (AvgIpc) is 2.52. The van der Waals surface area contributed by atoms with Gasteiger partial charge in [-0.2, -0.15) is 0 Å². The Morgan fingerprint density at radius 3 is 2.36 bits per heavy atom. The maximum atomic E-state index is 12.4. The number of rotatable bonds is 5. The number of carbonyl (C=O) groups excluding carboxylic acids is 1. The molecule has 0 aromatic heterocycles. The lowest BCUT2D eigenvalue weighted by atomic mass is 9.87. The second-order valence-corrected chi connectivity index (χ2v) is 8.17. The van der Waals surface area contributed by atoms with Crippen LogP contribution in [-0.4, -0.2) is 11.9 Å². The van der Waals surface area contributed by atoms with Crippen molar-refractivity contribution in [2.75, 3.05) is 5.32 Å². The highest BCUT2D eigenvalue weighted by Crippen LogP contribution is 2.28. The van der Waals surface area contributed by atoms with Crippen LogP contribution in [0.1, 0.15) is 60.5 Å². The molecule has 0 heterocycles. The van der Waals surface area contributed by atoms with Gasteiger partial charge in [0.2, 0.25) is 0 Å². The lowest BCUT2D eigenvalue weighted by molar-refractivity contribution is -0.112. The van der Waals surface area contributed by atoms with Crippen LogP contribution in [0.25, 0.3) is 0 Å². The molecule has 4 heteroatoms. The van der Waals surface area contributed by atoms with Gasteiger partial charge in [-0.3, -0.25) is 4.79 Å². The number of nitrogens with one attached hydrogen (secondary N) is 1. The summed E-state index contributed by atoms with van der Waals surface area (Å²) in [6.45, 7) is 18.3. The van der Waals surface area contributed by atoms with Gasteiger partial charge in [0, 0.05) is 11.7 Å². The van der Waals surface area contributed by atoms with Crippen LogP contribution in [0.15, 0.2) is 46.7 Å². The maximum absolute atomic E-state index is 12.4. The zero-order valence-electron chi connectivity index (χ0n) is 16.8. The van der Waals surface area contributed by atoms with Gasteiger partial charge in [0.1, 0.15) is 0 Å². The maximum Gasteiger partial charge on any atom is 0.262 e. The van der Waals surface area contributed by atoms with Crippen molar-refractivity contribution in [1.82, 2.24) is 0 Å². The van der Waals surface area contributed by atoms with Crippen molar-refractivity contribution >= 4 is 23.4 Å². The molecule has 1 rings (SSSR count). The minimum atomic E-state index is -0.156. The molecule has 0 aliphatic heterocycles. The number of allylic oxidation sites excluding steroid dienone is 1. The SMILES string of the molecule is C=C(S/C(=C\C)C(=O)Nc1cccc(C(C)(C)C)c1)C(C)N.CCC. The normalized spacial score (nSPS) is 12.7. The lowest BCUT2D eigenvalue weighted by Crippen LogP contribution is -2.18. The second-order valence-electron chi connectivity index (χ2n) is 7.00. The number of thioether (sulfide) groups is 1. The minimum Gasteiger partial charge on any atom is -0.324 e. The van der Waals surface area contributed by atoms with Crippen LogP contribution in [0.3, 0.4) is 0 Å². The molecule has 0 aliphatic rings. The molecular weight excluding hydrogens is 328 g/mol. The van der Waals surface area contributed by atoms with E-state index in [9.17, 15) is 4.79 Å². The molecule has 0 bridgehead atoms. The van der Waals surface area contributed by atoms with Gasteiger partial charge in [-0.05, 0) is 41.9 Å². The van der Waals surface area contributed by atoms with Gasteiger partial charge >= 0.3 is 0 Å². The molecule has 1 unspecified atom stereocenters. The summed E-state index contributed by atoms with van der Waals surface area (Å²) in [6.07, 6.45) is 3.03. The third-order valence-electron chi connectivity index (χ3n) is 3.22. The van der Waals surface area contributed by atoms with Crippen LogP contribution >= 0.6 is 11.8 Å². The summed E-state index contributed by atoms with van der Waals surface area (Å²) in [7, 11) is 0. The first-order valence-electron chi connectivity index (χ1n) is 8.77. The highest BCUT2D eigenvalue weighted by atomic mass is 32.2. The van der Waals surface area contributed by atoms with E-state index in [1.54, 1.807) is 6.08 Å². The quantitative estimate of drug-likeness (QED) is 0.647. The fourth-order valence-electron chi connectivity index (χ4n) is 1.73. The average molecular weight is 363 g/mol. The standard InChI is InChI=1S/C18H26N2OS.C3H8/c1-7-16(22-13(3)12(2)19)17(21)20-15-10-8-9-14(11-15)18(4,5)6;1-3-2/h7-12H,3,19H2,1-2,4-6H3,(H,20,21);3H2,1-2H3/b16-7-;. The third kappa shape index (κ3) is 8.94. The largest absolute Gasteiger partial charge is 0.324 e. The molecule has 0 spiro atoms. The summed E-state index contributed by atoms with van der Waals surface area (Å²) in [5, 5.41) is 2.94. The third-order valence-corrected chi connectivity index (χ3v) is 4.50. The van der Waals surface area contributed by atoms with Crippen LogP contribution < -0.4 is 11.1 Å². The van der Waals surface area contributed by atoms with Crippen LogP contribution in [0.4, 0.5) is 5.69 Å². The highest BCUT2D eigenvalue weighted by molar-refractivity contribution is 8.07. The summed E-state index contributed by atoms with van der Waals surface area (Å²) in [5.74, 6) is -0.139. The molecule has 0 saturated carbocycles. The Labute approximate surface area is 158 Å². The lowest BCUT2D eigenvalue weighted by Gasteiger charge is -2.20. The van der Waals surface area contributed by atoms with Gasteiger partial charge in [0.05, 0.1) is 4.91 Å². The first-order chi connectivity index (χ1) is 11.6. The van der Waals surface area contributed by atoms with E-state index in [1.165, 1.54) is 23.7 Å². The first kappa shape index (κ1) is 23.5. The fourth-order valence-corrected chi connectivity index (χ4v) is 2.46. The molecule has 1 aromatic carbocycles. The summed E-state index contributed by atoms with van der Waals surface area (Å²) in [6, 6.07) is 7.78. The van der Waals surface area contributed by atoms with E-state index in [-0.39, 0.29) is 17.4 Å². The van der Waals surface area contributed by atoms with Crippen LogP contribution in [0, 0.1) is 0 Å². The van der Waals surface area contributed by atoms with Crippen molar-refractivity contribution in [1.29, 1.82) is 0 Å². The van der Waals surface area contributed by atoms with Crippen molar-refractivity contribution in [3.8, 4) is 0 Å². The second kappa shape index (κ2) is 11.2. The Bertz CT molecular complexity index is 598. The summed E-state index contributed by atoms with van der Waals surface area (Å²) >= 11 is 1.32.